The van der Waals surface area contributed by atoms with Crippen LogP contribution in [0.3, 0.4) is 0 Å². The smallest absolute Gasteiger partial charge is 0.206 e. The van der Waals surface area contributed by atoms with Crippen molar-refractivity contribution in [1.29, 1.82) is 0 Å². The lowest BCUT2D eigenvalue weighted by atomic mass is 10.0. The van der Waals surface area contributed by atoms with Gasteiger partial charge in [0.05, 0.1) is 11.7 Å². The Kier molecular flexibility index (Phi) is 4.64. The van der Waals surface area contributed by atoms with Crippen LogP contribution < -0.4 is 11.1 Å². The number of benzene rings is 2. The summed E-state index contributed by atoms with van der Waals surface area (Å²) in [4.78, 5) is 0. The second-order valence-corrected chi connectivity index (χ2v) is 7.40. The molecule has 1 atom stereocenters. The SMILES string of the molecule is Cc1cccc(CC(N)CNc2nnc(-c3ccc4[nH]ncc4c3)s2)c1. The van der Waals surface area contributed by atoms with Gasteiger partial charge in [0.25, 0.3) is 0 Å². The zero-order valence-electron chi connectivity index (χ0n) is 14.4. The Morgan fingerprint density at radius 1 is 1.19 bits per heavy atom. The molecule has 4 N–H and O–H groups in total. The van der Waals surface area contributed by atoms with Crippen molar-refractivity contribution in [3.05, 3.63) is 59.8 Å². The van der Waals surface area contributed by atoms with Gasteiger partial charge in [-0.15, -0.1) is 10.2 Å². The lowest BCUT2D eigenvalue weighted by Gasteiger charge is -2.12. The van der Waals surface area contributed by atoms with E-state index in [2.05, 4.69) is 63.0 Å². The van der Waals surface area contributed by atoms with Crippen molar-refractivity contribution < 1.29 is 0 Å². The average Bonchev–Trinajstić information content (AvgIpc) is 3.28. The standard InChI is InChI=1S/C19H20N6S/c1-12-3-2-4-13(7-12)8-16(20)11-21-19-25-24-18(26-19)14-5-6-17-15(9-14)10-22-23-17/h2-7,9-10,16H,8,11,20H2,1H3,(H,21,25)(H,22,23). The highest BCUT2D eigenvalue weighted by atomic mass is 32.1. The van der Waals surface area contributed by atoms with Crippen molar-refractivity contribution in [1.82, 2.24) is 20.4 Å². The molecule has 4 aromatic rings. The van der Waals surface area contributed by atoms with Crippen molar-refractivity contribution in [3.63, 3.8) is 0 Å². The third-order valence-corrected chi connectivity index (χ3v) is 5.14. The van der Waals surface area contributed by atoms with Crippen LogP contribution in [0.5, 0.6) is 0 Å². The molecule has 2 aromatic carbocycles. The Hall–Kier alpha value is -2.77. The molecule has 2 aromatic heterocycles. The minimum Gasteiger partial charge on any atom is -0.359 e. The van der Waals surface area contributed by atoms with Crippen molar-refractivity contribution >= 4 is 27.4 Å². The molecule has 0 saturated carbocycles. The predicted molar refractivity (Wildman–Crippen MR) is 106 cm³/mol. The first-order valence-corrected chi connectivity index (χ1v) is 9.31. The van der Waals surface area contributed by atoms with Crippen LogP contribution in [0.1, 0.15) is 11.1 Å². The molecule has 6 nitrogen and oxygen atoms in total. The molecule has 0 bridgehead atoms. The van der Waals surface area contributed by atoms with Gasteiger partial charge in [0.2, 0.25) is 5.13 Å². The number of hydrogen-bond donors (Lipinski definition) is 3. The van der Waals surface area contributed by atoms with Crippen LogP contribution in [0.15, 0.2) is 48.7 Å². The molecule has 132 valence electrons. The summed E-state index contributed by atoms with van der Waals surface area (Å²) in [7, 11) is 0. The molecular formula is C19H20N6S. The zero-order valence-corrected chi connectivity index (χ0v) is 15.3. The van der Waals surface area contributed by atoms with Gasteiger partial charge in [0, 0.05) is 23.5 Å². The maximum Gasteiger partial charge on any atom is 0.206 e. The van der Waals surface area contributed by atoms with E-state index < -0.39 is 0 Å². The molecule has 0 spiro atoms. The number of hydrogen-bond acceptors (Lipinski definition) is 6. The van der Waals surface area contributed by atoms with E-state index in [1.807, 2.05) is 18.3 Å². The van der Waals surface area contributed by atoms with Crippen molar-refractivity contribution in [3.8, 4) is 10.6 Å². The molecule has 2 heterocycles. The number of H-pyrrole nitrogens is 1. The summed E-state index contributed by atoms with van der Waals surface area (Å²) in [5.41, 5.74) is 10.8. The van der Waals surface area contributed by atoms with Gasteiger partial charge in [0.15, 0.2) is 0 Å². The predicted octanol–water partition coefficient (Wildman–Crippen LogP) is 3.37. The monoisotopic (exact) mass is 364 g/mol. The minimum absolute atomic E-state index is 0.0198. The first kappa shape index (κ1) is 16.7. The molecule has 1 unspecified atom stereocenters. The number of fused-ring (bicyclic) bond motifs is 1. The van der Waals surface area contributed by atoms with Crippen molar-refractivity contribution in [2.24, 2.45) is 5.73 Å². The summed E-state index contributed by atoms with van der Waals surface area (Å²) in [5.74, 6) is 0. The van der Waals surface area contributed by atoms with Crippen LogP contribution in [0.2, 0.25) is 0 Å². The van der Waals surface area contributed by atoms with Gasteiger partial charge < -0.3 is 11.1 Å². The average molecular weight is 364 g/mol. The van der Waals surface area contributed by atoms with Crippen LogP contribution in [0.25, 0.3) is 21.5 Å². The van der Waals surface area contributed by atoms with E-state index in [4.69, 9.17) is 5.73 Å². The molecule has 0 radical (unpaired) electrons. The molecule has 0 fully saturated rings. The molecule has 26 heavy (non-hydrogen) atoms. The number of aromatic amines is 1. The van der Waals surface area contributed by atoms with E-state index in [9.17, 15) is 0 Å². The van der Waals surface area contributed by atoms with Crippen LogP contribution in [0, 0.1) is 6.92 Å². The van der Waals surface area contributed by atoms with E-state index in [0.717, 1.165) is 33.0 Å². The van der Waals surface area contributed by atoms with E-state index in [1.165, 1.54) is 22.5 Å². The van der Waals surface area contributed by atoms with Crippen LogP contribution in [-0.2, 0) is 6.42 Å². The Morgan fingerprint density at radius 3 is 3.00 bits per heavy atom. The van der Waals surface area contributed by atoms with Gasteiger partial charge >= 0.3 is 0 Å². The fourth-order valence-corrected chi connectivity index (χ4v) is 3.67. The van der Waals surface area contributed by atoms with E-state index in [0.29, 0.717) is 6.54 Å². The second-order valence-electron chi connectivity index (χ2n) is 6.42. The van der Waals surface area contributed by atoms with Crippen molar-refractivity contribution in [2.75, 3.05) is 11.9 Å². The normalized spacial score (nSPS) is 12.4. The molecule has 0 amide bonds. The molecular weight excluding hydrogens is 344 g/mol. The summed E-state index contributed by atoms with van der Waals surface area (Å²) >= 11 is 1.53. The molecule has 7 heteroatoms. The molecule has 4 rings (SSSR count). The number of anilines is 1. The highest BCUT2D eigenvalue weighted by Gasteiger charge is 2.10. The Morgan fingerprint density at radius 2 is 2.12 bits per heavy atom. The van der Waals surface area contributed by atoms with Crippen LogP contribution in [0.4, 0.5) is 5.13 Å². The lowest BCUT2D eigenvalue weighted by molar-refractivity contribution is 0.698. The number of nitrogens with one attached hydrogen (secondary N) is 2. The van der Waals surface area contributed by atoms with Crippen molar-refractivity contribution in [2.45, 2.75) is 19.4 Å². The van der Waals surface area contributed by atoms with Crippen LogP contribution >= 0.6 is 11.3 Å². The Labute approximate surface area is 155 Å². The highest BCUT2D eigenvalue weighted by Crippen LogP contribution is 2.28. The van der Waals surface area contributed by atoms with E-state index >= 15 is 0 Å². The molecule has 0 aliphatic carbocycles. The largest absolute Gasteiger partial charge is 0.359 e. The topological polar surface area (TPSA) is 92.5 Å². The number of nitrogens with zero attached hydrogens (tertiary/aromatic N) is 3. The van der Waals surface area contributed by atoms with Gasteiger partial charge in [-0.05, 0) is 37.1 Å². The van der Waals surface area contributed by atoms with Gasteiger partial charge in [0.1, 0.15) is 5.01 Å². The van der Waals surface area contributed by atoms with Gasteiger partial charge in [-0.1, -0.05) is 41.2 Å². The van der Waals surface area contributed by atoms with Crippen LogP contribution in [-0.4, -0.2) is 33.0 Å². The number of nitrogens with two attached hydrogens (primary N) is 1. The summed E-state index contributed by atoms with van der Waals surface area (Å²) < 4.78 is 0. The molecule has 0 aliphatic heterocycles. The Bertz CT molecular complexity index is 1020. The first-order valence-electron chi connectivity index (χ1n) is 8.49. The minimum atomic E-state index is 0.0198. The highest BCUT2D eigenvalue weighted by molar-refractivity contribution is 7.18. The van der Waals surface area contributed by atoms with E-state index in [1.54, 1.807) is 0 Å². The third-order valence-electron chi connectivity index (χ3n) is 4.21. The van der Waals surface area contributed by atoms with Gasteiger partial charge in [-0.2, -0.15) is 5.10 Å². The quantitative estimate of drug-likeness (QED) is 0.488. The number of rotatable bonds is 6. The maximum atomic E-state index is 6.26. The summed E-state index contributed by atoms with van der Waals surface area (Å²) in [5, 5.41) is 21.5. The fourth-order valence-electron chi connectivity index (χ4n) is 2.92. The summed E-state index contributed by atoms with van der Waals surface area (Å²) in [6, 6.07) is 14.6. The summed E-state index contributed by atoms with van der Waals surface area (Å²) in [6.45, 7) is 2.75. The summed E-state index contributed by atoms with van der Waals surface area (Å²) in [6.07, 6.45) is 2.64. The van der Waals surface area contributed by atoms with Gasteiger partial charge in [-0.3, -0.25) is 5.10 Å². The van der Waals surface area contributed by atoms with Gasteiger partial charge in [-0.25, -0.2) is 0 Å². The zero-order chi connectivity index (χ0) is 17.9. The second kappa shape index (κ2) is 7.23. The molecule has 0 aliphatic rings. The Balaban J connectivity index is 1.38. The maximum absolute atomic E-state index is 6.26. The van der Waals surface area contributed by atoms with E-state index in [-0.39, 0.29) is 6.04 Å². The third kappa shape index (κ3) is 3.74. The number of aryl methyl sites for hydroxylation is 1. The lowest BCUT2D eigenvalue weighted by Crippen LogP contribution is -2.31. The first-order chi connectivity index (χ1) is 12.7. The fraction of sp³-hybridized carbons (Fsp3) is 0.211. The molecule has 0 saturated heterocycles. The number of aromatic nitrogens is 4.